The van der Waals surface area contributed by atoms with E-state index in [4.69, 9.17) is 9.47 Å². The van der Waals surface area contributed by atoms with E-state index in [2.05, 4.69) is 36.4 Å². The Hall–Kier alpha value is -2.52. The molecule has 0 radical (unpaired) electrons. The summed E-state index contributed by atoms with van der Waals surface area (Å²) in [5.41, 5.74) is 3.04. The topological polar surface area (TPSA) is 89.4 Å². The first kappa shape index (κ1) is 18.8. The van der Waals surface area contributed by atoms with Crippen molar-refractivity contribution in [2.45, 2.75) is 18.3 Å². The van der Waals surface area contributed by atoms with Crippen LogP contribution >= 0.6 is 27.7 Å². The van der Waals surface area contributed by atoms with Crippen molar-refractivity contribution in [3.8, 4) is 28.6 Å². The lowest BCUT2D eigenvalue weighted by atomic mass is 10.1. The fraction of sp³-hybridized carbons (Fsp3) is 0.211. The molecule has 2 aromatic carbocycles. The minimum atomic E-state index is -0.565. The van der Waals surface area contributed by atoms with Gasteiger partial charge in [-0.25, -0.2) is 0 Å². The van der Waals surface area contributed by atoms with Gasteiger partial charge < -0.3 is 19.9 Å². The summed E-state index contributed by atoms with van der Waals surface area (Å²) in [5.74, 6) is 1.61. The molecule has 2 heterocycles. The number of rotatable bonds is 4. The molecule has 0 bridgehead atoms. The summed E-state index contributed by atoms with van der Waals surface area (Å²) < 4.78 is 12.0. The van der Waals surface area contributed by atoms with Crippen LogP contribution in [0.1, 0.15) is 18.7 Å². The minimum absolute atomic E-state index is 0.0336. The quantitative estimate of drug-likeness (QED) is 0.544. The molecule has 0 spiro atoms. The number of phenolic OH excluding ortho intramolecular Hbond substituents is 1. The van der Waals surface area contributed by atoms with Gasteiger partial charge in [0.1, 0.15) is 0 Å². The van der Waals surface area contributed by atoms with Gasteiger partial charge in [-0.15, -0.1) is 10.2 Å². The van der Waals surface area contributed by atoms with Gasteiger partial charge in [0, 0.05) is 16.8 Å². The zero-order valence-corrected chi connectivity index (χ0v) is 17.5. The summed E-state index contributed by atoms with van der Waals surface area (Å²) in [7, 11) is 1.50. The van der Waals surface area contributed by atoms with Crippen LogP contribution in [0.15, 0.2) is 46.0 Å². The summed E-state index contributed by atoms with van der Waals surface area (Å²) in [5, 5.41) is 22.6. The number of halogens is 1. The van der Waals surface area contributed by atoms with Crippen molar-refractivity contribution >= 4 is 33.4 Å². The Kier molecular flexibility index (Phi) is 5.27. The molecular formula is C19H17BrN4O3S. The standard InChI is InChI=1S/C19H17BrN4O3S/c1-3-28-19-22-18-15(23-24-19)11-6-4-5-7-13(11)21-17(27-18)10-8-12(20)16(25)14(9-10)26-2/h4-9,17,21,25H,3H2,1-2H3/t17-/m1/s1. The number of nitrogens with zero attached hydrogens (tertiary/aromatic N) is 3. The molecule has 0 amide bonds. The molecule has 144 valence electrons. The maximum Gasteiger partial charge on any atom is 0.247 e. The van der Waals surface area contributed by atoms with Crippen molar-refractivity contribution < 1.29 is 14.6 Å². The van der Waals surface area contributed by atoms with Gasteiger partial charge in [-0.1, -0.05) is 36.9 Å². The van der Waals surface area contributed by atoms with Crippen molar-refractivity contribution in [3.05, 3.63) is 46.4 Å². The molecule has 9 heteroatoms. The van der Waals surface area contributed by atoms with E-state index in [0.29, 0.717) is 27.0 Å². The lowest BCUT2D eigenvalue weighted by Gasteiger charge is -2.20. The zero-order valence-electron chi connectivity index (χ0n) is 15.1. The van der Waals surface area contributed by atoms with Crippen LogP contribution in [-0.4, -0.2) is 33.2 Å². The Morgan fingerprint density at radius 1 is 1.29 bits per heavy atom. The average molecular weight is 461 g/mol. The number of hydrogen-bond donors (Lipinski definition) is 2. The summed E-state index contributed by atoms with van der Waals surface area (Å²) in [6.45, 7) is 2.03. The highest BCUT2D eigenvalue weighted by molar-refractivity contribution is 9.10. The zero-order chi connectivity index (χ0) is 19.7. The number of aromatic nitrogens is 3. The highest BCUT2D eigenvalue weighted by atomic mass is 79.9. The normalized spacial score (nSPS) is 14.9. The third-order valence-electron chi connectivity index (χ3n) is 4.18. The molecule has 0 unspecified atom stereocenters. The van der Waals surface area contributed by atoms with Crippen molar-refractivity contribution in [1.82, 2.24) is 15.2 Å². The van der Waals surface area contributed by atoms with Gasteiger partial charge in [-0.3, -0.25) is 0 Å². The smallest absolute Gasteiger partial charge is 0.247 e. The Morgan fingerprint density at radius 2 is 2.11 bits per heavy atom. The molecule has 0 saturated carbocycles. The number of methoxy groups -OCH3 is 1. The van der Waals surface area contributed by atoms with Gasteiger partial charge in [-0.2, -0.15) is 4.98 Å². The first-order chi connectivity index (χ1) is 13.6. The van der Waals surface area contributed by atoms with E-state index in [-0.39, 0.29) is 5.75 Å². The molecule has 28 heavy (non-hydrogen) atoms. The SMILES string of the molecule is CCSc1nnc2c(n1)O[C@H](c1cc(Br)c(O)c(OC)c1)Nc1ccccc1-2. The summed E-state index contributed by atoms with van der Waals surface area (Å²) in [6, 6.07) is 11.3. The highest BCUT2D eigenvalue weighted by Gasteiger charge is 2.27. The molecule has 1 atom stereocenters. The third kappa shape index (κ3) is 3.47. The molecule has 4 rings (SSSR count). The van der Waals surface area contributed by atoms with Crippen molar-refractivity contribution in [2.75, 3.05) is 18.2 Å². The number of hydrogen-bond acceptors (Lipinski definition) is 8. The van der Waals surface area contributed by atoms with E-state index in [0.717, 1.165) is 22.6 Å². The molecule has 0 fully saturated rings. The van der Waals surface area contributed by atoms with Crippen LogP contribution in [0.5, 0.6) is 17.4 Å². The maximum absolute atomic E-state index is 10.1. The Labute approximate surface area is 174 Å². The van der Waals surface area contributed by atoms with E-state index >= 15 is 0 Å². The number of anilines is 1. The lowest BCUT2D eigenvalue weighted by Crippen LogP contribution is -2.17. The number of benzene rings is 2. The van der Waals surface area contributed by atoms with Gasteiger partial charge in [0.05, 0.1) is 11.6 Å². The molecule has 7 nitrogen and oxygen atoms in total. The van der Waals surface area contributed by atoms with Gasteiger partial charge in [-0.05, 0) is 39.9 Å². The number of phenols is 1. The molecule has 2 N–H and O–H groups in total. The van der Waals surface area contributed by atoms with E-state index in [1.807, 2.05) is 31.2 Å². The molecule has 1 aromatic heterocycles. The van der Waals surface area contributed by atoms with Gasteiger partial charge >= 0.3 is 0 Å². The van der Waals surface area contributed by atoms with Crippen LogP contribution in [0.3, 0.4) is 0 Å². The van der Waals surface area contributed by atoms with E-state index in [1.165, 1.54) is 18.9 Å². The molecule has 0 saturated heterocycles. The molecular weight excluding hydrogens is 444 g/mol. The second-order valence-corrected chi connectivity index (χ2v) is 8.01. The van der Waals surface area contributed by atoms with Crippen LogP contribution in [0.25, 0.3) is 11.3 Å². The third-order valence-corrected chi connectivity index (χ3v) is 5.50. The van der Waals surface area contributed by atoms with E-state index < -0.39 is 6.23 Å². The summed E-state index contributed by atoms with van der Waals surface area (Å²) in [6.07, 6.45) is -0.565. The van der Waals surface area contributed by atoms with Gasteiger partial charge in [0.15, 0.2) is 23.4 Å². The predicted molar refractivity (Wildman–Crippen MR) is 111 cm³/mol. The number of fused-ring (bicyclic) bond motifs is 3. The summed E-state index contributed by atoms with van der Waals surface area (Å²) in [4.78, 5) is 4.55. The first-order valence-electron chi connectivity index (χ1n) is 8.57. The van der Waals surface area contributed by atoms with Crippen LogP contribution < -0.4 is 14.8 Å². The van der Waals surface area contributed by atoms with Crippen LogP contribution in [0, 0.1) is 0 Å². The lowest BCUT2D eigenvalue weighted by molar-refractivity contribution is 0.224. The fourth-order valence-corrected chi connectivity index (χ4v) is 3.85. The Morgan fingerprint density at radius 3 is 2.89 bits per heavy atom. The van der Waals surface area contributed by atoms with Crippen LogP contribution in [0.2, 0.25) is 0 Å². The van der Waals surface area contributed by atoms with Crippen LogP contribution in [-0.2, 0) is 0 Å². The fourth-order valence-electron chi connectivity index (χ4n) is 2.89. The maximum atomic E-state index is 10.1. The first-order valence-corrected chi connectivity index (χ1v) is 10.3. The Bertz CT molecular complexity index is 1030. The van der Waals surface area contributed by atoms with Gasteiger partial charge in [0.25, 0.3) is 0 Å². The summed E-state index contributed by atoms with van der Waals surface area (Å²) >= 11 is 4.86. The monoisotopic (exact) mass is 460 g/mol. The molecule has 0 aliphatic carbocycles. The van der Waals surface area contributed by atoms with Crippen molar-refractivity contribution in [2.24, 2.45) is 0 Å². The molecule has 1 aliphatic heterocycles. The number of nitrogens with one attached hydrogen (secondary N) is 1. The second-order valence-electron chi connectivity index (χ2n) is 5.92. The van der Waals surface area contributed by atoms with Crippen LogP contribution in [0.4, 0.5) is 5.69 Å². The number of thioether (sulfide) groups is 1. The number of ether oxygens (including phenoxy) is 2. The minimum Gasteiger partial charge on any atom is -0.503 e. The Balaban J connectivity index is 1.84. The van der Waals surface area contributed by atoms with E-state index in [9.17, 15) is 5.11 Å². The highest BCUT2D eigenvalue weighted by Crippen LogP contribution is 2.42. The largest absolute Gasteiger partial charge is 0.503 e. The number of para-hydroxylation sites is 1. The number of aromatic hydroxyl groups is 1. The van der Waals surface area contributed by atoms with E-state index in [1.54, 1.807) is 12.1 Å². The predicted octanol–water partition coefficient (Wildman–Crippen LogP) is 4.63. The van der Waals surface area contributed by atoms with Gasteiger partial charge in [0.2, 0.25) is 11.0 Å². The second kappa shape index (κ2) is 7.84. The average Bonchev–Trinajstić information content (AvgIpc) is 2.86. The molecule has 1 aliphatic rings. The molecule has 3 aromatic rings. The van der Waals surface area contributed by atoms with Crippen molar-refractivity contribution in [3.63, 3.8) is 0 Å². The van der Waals surface area contributed by atoms with Crippen molar-refractivity contribution in [1.29, 1.82) is 0 Å².